The van der Waals surface area contributed by atoms with Gasteiger partial charge in [0.25, 0.3) is 5.78 Å². The first kappa shape index (κ1) is 19.4. The van der Waals surface area contributed by atoms with Gasteiger partial charge in [-0.3, -0.25) is 9.59 Å². The molecule has 2 rings (SSSR count). The maximum Gasteiger partial charge on any atom is 0.431 e. The highest BCUT2D eigenvalue weighted by Gasteiger charge is 2.38. The van der Waals surface area contributed by atoms with Crippen LogP contribution in [-0.4, -0.2) is 55.0 Å². The summed E-state index contributed by atoms with van der Waals surface area (Å²) in [5.41, 5.74) is -1.29. The fourth-order valence-electron chi connectivity index (χ4n) is 2.35. The number of carbonyl (C=O) groups is 3. The van der Waals surface area contributed by atoms with E-state index in [1.165, 1.54) is 36.3 Å². The first-order valence-corrected chi connectivity index (χ1v) is 7.44. The minimum absolute atomic E-state index is 0.0440. The molecule has 0 unspecified atom stereocenters. The highest BCUT2D eigenvalue weighted by molar-refractivity contribution is 6.41. The molecule has 0 bridgehead atoms. The van der Waals surface area contributed by atoms with Gasteiger partial charge in [0.15, 0.2) is 5.78 Å². The van der Waals surface area contributed by atoms with Crippen molar-refractivity contribution in [3.8, 4) is 0 Å². The Kier molecular flexibility index (Phi) is 5.59. The summed E-state index contributed by atoms with van der Waals surface area (Å²) in [7, 11) is 2.44. The van der Waals surface area contributed by atoms with E-state index in [-0.39, 0.29) is 23.2 Å². The van der Waals surface area contributed by atoms with Crippen molar-refractivity contribution in [2.75, 3.05) is 20.7 Å². The van der Waals surface area contributed by atoms with Gasteiger partial charge >= 0.3 is 12.1 Å². The molecular weight excluding hydrogens is 353 g/mol. The Morgan fingerprint density at radius 1 is 1.23 bits per heavy atom. The van der Waals surface area contributed by atoms with Gasteiger partial charge in [0.2, 0.25) is 0 Å². The Morgan fingerprint density at radius 3 is 2.50 bits per heavy atom. The topological polar surface area (TPSA) is 76.0 Å². The summed E-state index contributed by atoms with van der Waals surface area (Å²) in [6, 6.07) is 5.82. The minimum atomic E-state index is -4.65. The molecule has 1 aromatic rings. The van der Waals surface area contributed by atoms with E-state index >= 15 is 0 Å². The number of ether oxygens (including phenoxy) is 1. The van der Waals surface area contributed by atoms with Gasteiger partial charge in [0.05, 0.1) is 13.7 Å². The third kappa shape index (κ3) is 4.35. The van der Waals surface area contributed by atoms with Crippen LogP contribution in [0.5, 0.6) is 0 Å². The number of methoxy groups -OCH3 is 1. The first-order valence-electron chi connectivity index (χ1n) is 7.44. The predicted molar refractivity (Wildman–Crippen MR) is 85.7 cm³/mol. The zero-order valence-electron chi connectivity index (χ0n) is 14.0. The van der Waals surface area contributed by atoms with Gasteiger partial charge < -0.3 is 9.64 Å². The second-order valence-electron chi connectivity index (χ2n) is 5.56. The SMILES string of the molecule is COC(=O)C(=O)c1ccccc1CC(=O)C1=CN(C)CC(C(F)(F)F)=N1. The molecule has 0 atom stereocenters. The maximum absolute atomic E-state index is 12.9. The van der Waals surface area contributed by atoms with Crippen LogP contribution in [-0.2, 0) is 20.7 Å². The highest BCUT2D eigenvalue weighted by atomic mass is 19.4. The number of Topliss-reactive ketones (excluding diaryl/α,β-unsaturated/α-hetero) is 2. The molecule has 0 saturated carbocycles. The number of rotatable bonds is 5. The lowest BCUT2D eigenvalue weighted by molar-refractivity contribution is -0.135. The molecule has 0 N–H and O–H groups in total. The van der Waals surface area contributed by atoms with E-state index in [2.05, 4.69) is 9.73 Å². The summed E-state index contributed by atoms with van der Waals surface area (Å²) in [5, 5.41) is 0. The lowest BCUT2D eigenvalue weighted by Crippen LogP contribution is -2.36. The molecule has 138 valence electrons. The van der Waals surface area contributed by atoms with E-state index in [4.69, 9.17) is 0 Å². The molecule has 26 heavy (non-hydrogen) atoms. The lowest BCUT2D eigenvalue weighted by Gasteiger charge is -2.23. The smallest absolute Gasteiger partial charge is 0.431 e. The van der Waals surface area contributed by atoms with Crippen LogP contribution < -0.4 is 0 Å². The zero-order valence-corrected chi connectivity index (χ0v) is 14.0. The van der Waals surface area contributed by atoms with Crippen molar-refractivity contribution in [3.05, 3.63) is 47.3 Å². The van der Waals surface area contributed by atoms with Gasteiger partial charge in [0, 0.05) is 25.2 Å². The van der Waals surface area contributed by atoms with Crippen molar-refractivity contribution < 1.29 is 32.3 Å². The second kappa shape index (κ2) is 7.51. The average molecular weight is 368 g/mol. The molecule has 0 spiro atoms. The number of esters is 1. The number of aliphatic imine (C=N–C) groups is 1. The number of ketones is 2. The molecule has 0 radical (unpaired) electrons. The standard InChI is InChI=1S/C17H15F3N2O4/c1-22-8-12(21-14(9-22)17(18,19)20)13(23)7-10-5-3-4-6-11(10)15(24)16(25)26-2/h3-6,8H,7,9H2,1-2H3. The average Bonchev–Trinajstić information content (AvgIpc) is 2.59. The van der Waals surface area contributed by atoms with Crippen molar-refractivity contribution in [2.45, 2.75) is 12.6 Å². The third-order valence-corrected chi connectivity index (χ3v) is 3.59. The Balaban J connectivity index is 2.30. The largest absolute Gasteiger partial charge is 0.463 e. The van der Waals surface area contributed by atoms with Gasteiger partial charge in [-0.1, -0.05) is 24.3 Å². The molecule has 0 saturated heterocycles. The molecule has 0 fully saturated rings. The van der Waals surface area contributed by atoms with Crippen LogP contribution in [0.1, 0.15) is 15.9 Å². The van der Waals surface area contributed by atoms with Gasteiger partial charge in [-0.05, 0) is 5.56 Å². The molecule has 1 aliphatic rings. The summed E-state index contributed by atoms with van der Waals surface area (Å²) in [4.78, 5) is 40.4. The number of hydrogen-bond donors (Lipinski definition) is 0. The molecule has 0 aliphatic carbocycles. The summed E-state index contributed by atoms with van der Waals surface area (Å²) < 4.78 is 43.0. The Labute approximate surface area is 147 Å². The van der Waals surface area contributed by atoms with E-state index in [0.29, 0.717) is 0 Å². The minimum Gasteiger partial charge on any atom is -0.463 e. The Morgan fingerprint density at radius 2 is 1.88 bits per heavy atom. The normalized spacial score (nSPS) is 14.4. The van der Waals surface area contributed by atoms with Crippen LogP contribution >= 0.6 is 0 Å². The van der Waals surface area contributed by atoms with Crippen LogP contribution in [0.3, 0.4) is 0 Å². The van der Waals surface area contributed by atoms with Crippen molar-refractivity contribution in [3.63, 3.8) is 0 Å². The fraction of sp³-hybridized carbons (Fsp3) is 0.294. The number of allylic oxidation sites excluding steroid dienone is 1. The third-order valence-electron chi connectivity index (χ3n) is 3.59. The number of hydrogen-bond acceptors (Lipinski definition) is 6. The number of benzene rings is 1. The quantitative estimate of drug-likeness (QED) is 0.451. The molecule has 0 aromatic heterocycles. The fourth-order valence-corrected chi connectivity index (χ4v) is 2.35. The van der Waals surface area contributed by atoms with Crippen molar-refractivity contribution in [1.82, 2.24) is 4.90 Å². The van der Waals surface area contributed by atoms with Crippen molar-refractivity contribution >= 4 is 23.2 Å². The number of carbonyl (C=O) groups excluding carboxylic acids is 3. The number of nitrogens with zero attached hydrogens (tertiary/aromatic N) is 2. The molecule has 6 nitrogen and oxygen atoms in total. The number of halogens is 3. The van der Waals surface area contributed by atoms with Crippen LogP contribution in [0.2, 0.25) is 0 Å². The zero-order chi connectivity index (χ0) is 19.5. The van der Waals surface area contributed by atoms with E-state index in [1.807, 2.05) is 0 Å². The molecule has 0 amide bonds. The van der Waals surface area contributed by atoms with Crippen LogP contribution in [0.4, 0.5) is 13.2 Å². The van der Waals surface area contributed by atoms with Gasteiger partial charge in [-0.15, -0.1) is 0 Å². The molecule has 1 heterocycles. The maximum atomic E-state index is 12.9. The van der Waals surface area contributed by atoms with Gasteiger partial charge in [-0.2, -0.15) is 13.2 Å². The van der Waals surface area contributed by atoms with E-state index < -0.39 is 36.0 Å². The summed E-state index contributed by atoms with van der Waals surface area (Å²) >= 11 is 0. The van der Waals surface area contributed by atoms with Crippen molar-refractivity contribution in [2.24, 2.45) is 4.99 Å². The summed E-state index contributed by atoms with van der Waals surface area (Å²) in [5.74, 6) is -2.74. The predicted octanol–water partition coefficient (Wildman–Crippen LogP) is 1.94. The van der Waals surface area contributed by atoms with Crippen LogP contribution in [0.15, 0.2) is 41.2 Å². The molecule has 1 aromatic carbocycles. The van der Waals surface area contributed by atoms with Gasteiger partial charge in [-0.25, -0.2) is 9.79 Å². The van der Waals surface area contributed by atoms with Crippen molar-refractivity contribution in [1.29, 1.82) is 0 Å². The molecular formula is C17H15F3N2O4. The Bertz CT molecular complexity index is 812. The first-order chi connectivity index (χ1) is 12.1. The van der Waals surface area contributed by atoms with E-state index in [1.54, 1.807) is 6.07 Å². The second-order valence-corrected chi connectivity index (χ2v) is 5.56. The van der Waals surface area contributed by atoms with E-state index in [9.17, 15) is 27.6 Å². The molecule has 1 aliphatic heterocycles. The van der Waals surface area contributed by atoms with Gasteiger partial charge in [0.1, 0.15) is 11.4 Å². The highest BCUT2D eigenvalue weighted by Crippen LogP contribution is 2.23. The Hall–Kier alpha value is -2.97. The number of alkyl halides is 3. The lowest BCUT2D eigenvalue weighted by atomic mass is 9.98. The monoisotopic (exact) mass is 368 g/mol. The summed E-state index contributed by atoms with van der Waals surface area (Å²) in [6.45, 7) is -0.461. The summed E-state index contributed by atoms with van der Waals surface area (Å²) in [6.07, 6.45) is -3.82. The van der Waals surface area contributed by atoms with E-state index in [0.717, 1.165) is 7.11 Å². The van der Waals surface area contributed by atoms with Crippen LogP contribution in [0, 0.1) is 0 Å². The van der Waals surface area contributed by atoms with Crippen LogP contribution in [0.25, 0.3) is 0 Å². The molecule has 9 heteroatoms.